The molecule has 1 aromatic heterocycles. The van der Waals surface area contributed by atoms with Crippen molar-refractivity contribution in [2.24, 2.45) is 0 Å². The molecule has 0 atom stereocenters. The van der Waals surface area contributed by atoms with E-state index in [-0.39, 0.29) is 16.3 Å². The molecule has 0 aliphatic carbocycles. The molecule has 0 aromatic carbocycles. The molecule has 1 N–H and O–H groups in total. The van der Waals surface area contributed by atoms with Crippen molar-refractivity contribution in [1.82, 2.24) is 9.88 Å². The molecule has 0 fully saturated rings. The smallest absolute Gasteiger partial charge is 0.320 e. The Bertz CT molecular complexity index is 471. The van der Waals surface area contributed by atoms with Gasteiger partial charge in [0.05, 0.1) is 7.11 Å². The molecule has 1 heterocycles. The Kier molecular flexibility index (Phi) is 3.66. The van der Waals surface area contributed by atoms with E-state index in [1.807, 2.05) is 0 Å². The average molecular weight is 248 g/mol. The number of ether oxygens (including phenoxy) is 1. The molecule has 0 aliphatic heterocycles. The van der Waals surface area contributed by atoms with Gasteiger partial charge in [-0.05, 0) is 13.8 Å². The normalized spacial score (nSPS) is 11.4. The van der Waals surface area contributed by atoms with Gasteiger partial charge in [0, 0.05) is 0 Å². The van der Waals surface area contributed by atoms with E-state index >= 15 is 0 Å². The second kappa shape index (κ2) is 4.62. The summed E-state index contributed by atoms with van der Waals surface area (Å²) in [6.07, 6.45) is 0. The van der Waals surface area contributed by atoms with E-state index in [1.54, 1.807) is 0 Å². The highest BCUT2D eigenvalue weighted by Gasteiger charge is 2.24. The van der Waals surface area contributed by atoms with E-state index in [2.05, 4.69) is 14.6 Å². The zero-order chi connectivity index (χ0) is 12.3. The number of rotatable bonds is 4. The molecular weight excluding hydrogens is 236 g/mol. The maximum Gasteiger partial charge on any atom is 0.320 e. The first-order valence-corrected chi connectivity index (χ1v) is 5.86. The van der Waals surface area contributed by atoms with Crippen LogP contribution < -0.4 is 4.72 Å². The van der Waals surface area contributed by atoms with Crippen LogP contribution in [-0.2, 0) is 19.6 Å². The minimum atomic E-state index is -3.79. The summed E-state index contributed by atoms with van der Waals surface area (Å²) in [5.74, 6) is -0.495. The van der Waals surface area contributed by atoms with Gasteiger partial charge in [-0.2, -0.15) is 4.72 Å². The Morgan fingerprint density at radius 2 is 2.12 bits per heavy atom. The molecule has 7 nitrogen and oxygen atoms in total. The number of aryl methyl sites for hydroxylation is 2. The van der Waals surface area contributed by atoms with Crippen LogP contribution in [0.25, 0.3) is 0 Å². The van der Waals surface area contributed by atoms with Gasteiger partial charge in [-0.1, -0.05) is 5.16 Å². The van der Waals surface area contributed by atoms with Crippen molar-refractivity contribution < 1.29 is 22.5 Å². The van der Waals surface area contributed by atoms with E-state index in [0.717, 1.165) is 0 Å². The number of hydrogen-bond acceptors (Lipinski definition) is 6. The molecule has 0 aliphatic rings. The van der Waals surface area contributed by atoms with E-state index in [9.17, 15) is 13.2 Å². The number of methoxy groups -OCH3 is 1. The van der Waals surface area contributed by atoms with Crippen LogP contribution >= 0.6 is 0 Å². The van der Waals surface area contributed by atoms with Crippen LogP contribution in [0.1, 0.15) is 11.5 Å². The fourth-order valence-corrected chi connectivity index (χ4v) is 2.45. The highest BCUT2D eigenvalue weighted by Crippen LogP contribution is 2.18. The molecule has 1 rings (SSSR count). The molecule has 0 radical (unpaired) electrons. The van der Waals surface area contributed by atoms with Crippen molar-refractivity contribution >= 4 is 16.0 Å². The highest BCUT2D eigenvalue weighted by atomic mass is 32.2. The lowest BCUT2D eigenvalue weighted by molar-refractivity contribution is -0.139. The number of esters is 1. The van der Waals surface area contributed by atoms with Gasteiger partial charge in [0.1, 0.15) is 17.1 Å². The third-order valence-electron chi connectivity index (χ3n) is 1.87. The maximum atomic E-state index is 11.7. The minimum Gasteiger partial charge on any atom is -0.468 e. The standard InChI is InChI=1S/C8H12N2O5S/c1-5-8(6(2)15-10-5)16(12,13)9-4-7(11)14-3/h9H,4H2,1-3H3. The molecule has 8 heteroatoms. The van der Waals surface area contributed by atoms with E-state index in [0.29, 0.717) is 0 Å². The summed E-state index contributed by atoms with van der Waals surface area (Å²) >= 11 is 0. The lowest BCUT2D eigenvalue weighted by atomic mass is 10.4. The molecule has 0 amide bonds. The van der Waals surface area contributed by atoms with Crippen LogP contribution in [0.3, 0.4) is 0 Å². The summed E-state index contributed by atoms with van der Waals surface area (Å²) in [7, 11) is -2.62. The SMILES string of the molecule is COC(=O)CNS(=O)(=O)c1c(C)noc1C. The zero-order valence-electron chi connectivity index (χ0n) is 9.10. The lowest BCUT2D eigenvalue weighted by Crippen LogP contribution is -2.30. The molecule has 0 saturated carbocycles. The Morgan fingerprint density at radius 3 is 2.56 bits per heavy atom. The Hall–Kier alpha value is -1.41. The summed E-state index contributed by atoms with van der Waals surface area (Å²) in [4.78, 5) is 10.8. The van der Waals surface area contributed by atoms with Crippen LogP contribution in [0.5, 0.6) is 0 Å². The van der Waals surface area contributed by atoms with E-state index in [1.165, 1.54) is 21.0 Å². The van der Waals surface area contributed by atoms with Gasteiger partial charge in [0.25, 0.3) is 0 Å². The van der Waals surface area contributed by atoms with Crippen molar-refractivity contribution in [3.05, 3.63) is 11.5 Å². The van der Waals surface area contributed by atoms with Gasteiger partial charge < -0.3 is 9.26 Å². The maximum absolute atomic E-state index is 11.7. The van der Waals surface area contributed by atoms with Gasteiger partial charge in [-0.3, -0.25) is 4.79 Å². The van der Waals surface area contributed by atoms with Crippen LogP contribution in [0.15, 0.2) is 9.42 Å². The topological polar surface area (TPSA) is 98.5 Å². The Labute approximate surface area is 92.8 Å². The summed E-state index contributed by atoms with van der Waals surface area (Å²) in [6.45, 7) is 2.55. The number of carbonyl (C=O) groups excluding carboxylic acids is 1. The van der Waals surface area contributed by atoms with Crippen molar-refractivity contribution in [2.75, 3.05) is 13.7 Å². The van der Waals surface area contributed by atoms with Crippen LogP contribution in [-0.4, -0.2) is 33.2 Å². The predicted octanol–water partition coefficient (Wildman–Crippen LogP) is -0.257. The second-order valence-electron chi connectivity index (χ2n) is 3.05. The average Bonchev–Trinajstić information content (AvgIpc) is 2.55. The van der Waals surface area contributed by atoms with Crippen molar-refractivity contribution in [3.63, 3.8) is 0 Å². The van der Waals surface area contributed by atoms with Crippen LogP contribution in [0, 0.1) is 13.8 Å². The van der Waals surface area contributed by atoms with Crippen LogP contribution in [0.2, 0.25) is 0 Å². The third-order valence-corrected chi connectivity index (χ3v) is 3.52. The number of nitrogens with one attached hydrogen (secondary N) is 1. The fourth-order valence-electron chi connectivity index (χ4n) is 1.16. The fraction of sp³-hybridized carbons (Fsp3) is 0.500. The predicted molar refractivity (Wildman–Crippen MR) is 53.2 cm³/mol. The number of hydrogen-bond donors (Lipinski definition) is 1. The Morgan fingerprint density at radius 1 is 1.50 bits per heavy atom. The highest BCUT2D eigenvalue weighted by molar-refractivity contribution is 7.89. The van der Waals surface area contributed by atoms with Gasteiger partial charge in [0.15, 0.2) is 5.76 Å². The molecule has 1 aromatic rings. The van der Waals surface area contributed by atoms with Crippen molar-refractivity contribution in [2.45, 2.75) is 18.7 Å². The first kappa shape index (κ1) is 12.7. The summed E-state index contributed by atoms with van der Waals surface area (Å²) in [5.41, 5.74) is 0.245. The number of nitrogens with zero attached hydrogens (tertiary/aromatic N) is 1. The quantitative estimate of drug-likeness (QED) is 0.737. The minimum absolute atomic E-state index is 0.0450. The number of aromatic nitrogens is 1. The van der Waals surface area contributed by atoms with Crippen molar-refractivity contribution in [3.8, 4) is 0 Å². The number of carbonyl (C=O) groups is 1. The zero-order valence-corrected chi connectivity index (χ0v) is 9.92. The third kappa shape index (κ3) is 2.58. The van der Waals surface area contributed by atoms with Crippen molar-refractivity contribution in [1.29, 1.82) is 0 Å². The Balaban J connectivity index is 2.91. The van der Waals surface area contributed by atoms with Gasteiger partial charge in [-0.15, -0.1) is 0 Å². The first-order valence-electron chi connectivity index (χ1n) is 4.38. The monoisotopic (exact) mass is 248 g/mol. The molecule has 0 unspecified atom stereocenters. The molecule has 0 saturated heterocycles. The number of sulfonamides is 1. The second-order valence-corrected chi connectivity index (χ2v) is 4.76. The summed E-state index contributed by atoms with van der Waals surface area (Å²) < 4.78 is 34.6. The summed E-state index contributed by atoms with van der Waals surface area (Å²) in [6, 6.07) is 0. The van der Waals surface area contributed by atoms with E-state index < -0.39 is 22.5 Å². The molecular formula is C8H12N2O5S. The largest absolute Gasteiger partial charge is 0.468 e. The van der Waals surface area contributed by atoms with E-state index in [4.69, 9.17) is 4.52 Å². The molecule has 0 spiro atoms. The van der Waals surface area contributed by atoms with Gasteiger partial charge >= 0.3 is 5.97 Å². The molecule has 0 bridgehead atoms. The first-order chi connectivity index (χ1) is 7.38. The summed E-state index contributed by atoms with van der Waals surface area (Å²) in [5, 5.41) is 3.52. The van der Waals surface area contributed by atoms with Gasteiger partial charge in [0.2, 0.25) is 10.0 Å². The van der Waals surface area contributed by atoms with Crippen LogP contribution in [0.4, 0.5) is 0 Å². The molecule has 90 valence electrons. The molecule has 16 heavy (non-hydrogen) atoms. The van der Waals surface area contributed by atoms with Gasteiger partial charge in [-0.25, -0.2) is 8.42 Å². The lowest BCUT2D eigenvalue weighted by Gasteiger charge is -2.04.